The smallest absolute Gasteiger partial charge is 0.255 e. The number of benzene rings is 1. The molecule has 0 spiro atoms. The maximum atomic E-state index is 13.1. The van der Waals surface area contributed by atoms with Crippen LogP contribution in [0.2, 0.25) is 5.02 Å². The van der Waals surface area contributed by atoms with Crippen molar-refractivity contribution in [2.75, 3.05) is 44.7 Å². The standard InChI is InChI=1S/C27H29ClN8O2/c1-17(18-3-2-6-30-14-18)34-27(37)21-15-32-26-25(21)35-23(16-33-26)24(29)20-5-4-19(28)13-22(20)31-7-8-36-9-11-38-12-10-36/h2-6,13-17,29,31H,7-12H2,1H3,(H,32,33)(H,34,37). The molecule has 5 rings (SSSR count). The summed E-state index contributed by atoms with van der Waals surface area (Å²) in [7, 11) is 0. The lowest BCUT2D eigenvalue weighted by molar-refractivity contribution is 0.0398. The highest BCUT2D eigenvalue weighted by Crippen LogP contribution is 2.24. The fraction of sp³-hybridized carbons (Fsp3) is 0.296. The summed E-state index contributed by atoms with van der Waals surface area (Å²) in [5, 5.41) is 15.9. The van der Waals surface area contributed by atoms with Gasteiger partial charge in [-0.2, -0.15) is 0 Å². The van der Waals surface area contributed by atoms with E-state index in [0.717, 1.165) is 44.1 Å². The monoisotopic (exact) mass is 532 g/mol. The van der Waals surface area contributed by atoms with Crippen molar-refractivity contribution in [2.24, 2.45) is 0 Å². The number of amides is 1. The molecule has 10 nitrogen and oxygen atoms in total. The second kappa shape index (κ2) is 11.7. The van der Waals surface area contributed by atoms with E-state index in [1.807, 2.05) is 25.1 Å². The fourth-order valence-corrected chi connectivity index (χ4v) is 4.54. The Balaban J connectivity index is 1.35. The molecule has 1 amide bonds. The average Bonchev–Trinajstić information content (AvgIpc) is 3.37. The summed E-state index contributed by atoms with van der Waals surface area (Å²) < 4.78 is 5.42. The van der Waals surface area contributed by atoms with Gasteiger partial charge >= 0.3 is 0 Å². The number of halogens is 1. The van der Waals surface area contributed by atoms with E-state index in [-0.39, 0.29) is 17.7 Å². The molecule has 1 aromatic carbocycles. The highest BCUT2D eigenvalue weighted by molar-refractivity contribution is 6.31. The molecule has 0 saturated carbocycles. The van der Waals surface area contributed by atoms with E-state index in [4.69, 9.17) is 21.7 Å². The zero-order valence-electron chi connectivity index (χ0n) is 21.0. The minimum atomic E-state index is -0.289. The first-order valence-electron chi connectivity index (χ1n) is 12.5. The molecule has 0 radical (unpaired) electrons. The summed E-state index contributed by atoms with van der Waals surface area (Å²) >= 11 is 6.28. The number of H-pyrrole nitrogens is 1. The van der Waals surface area contributed by atoms with Gasteiger partial charge in [-0.25, -0.2) is 9.97 Å². The van der Waals surface area contributed by atoms with Gasteiger partial charge in [0.15, 0.2) is 5.65 Å². The number of carbonyl (C=O) groups is 1. The van der Waals surface area contributed by atoms with E-state index in [1.54, 1.807) is 30.7 Å². The first-order valence-corrected chi connectivity index (χ1v) is 12.8. The third kappa shape index (κ3) is 5.83. The largest absolute Gasteiger partial charge is 0.383 e. The maximum absolute atomic E-state index is 13.1. The van der Waals surface area contributed by atoms with Crippen LogP contribution in [-0.2, 0) is 4.74 Å². The Hall–Kier alpha value is -3.86. The normalized spacial score (nSPS) is 14.8. The minimum absolute atomic E-state index is 0.182. The van der Waals surface area contributed by atoms with Crippen molar-refractivity contribution in [3.05, 3.63) is 82.5 Å². The number of hydrogen-bond donors (Lipinski definition) is 4. The van der Waals surface area contributed by atoms with Crippen LogP contribution in [0.15, 0.2) is 55.1 Å². The first-order chi connectivity index (χ1) is 18.5. The molecule has 4 aromatic rings. The van der Waals surface area contributed by atoms with Gasteiger partial charge in [0, 0.05) is 61.0 Å². The summed E-state index contributed by atoms with van der Waals surface area (Å²) in [4.78, 5) is 31.6. The van der Waals surface area contributed by atoms with Crippen molar-refractivity contribution in [3.63, 3.8) is 0 Å². The van der Waals surface area contributed by atoms with Gasteiger partial charge < -0.3 is 20.4 Å². The van der Waals surface area contributed by atoms with Crippen molar-refractivity contribution in [1.29, 1.82) is 5.41 Å². The van der Waals surface area contributed by atoms with Gasteiger partial charge in [0.1, 0.15) is 11.2 Å². The zero-order chi connectivity index (χ0) is 26.5. The van der Waals surface area contributed by atoms with E-state index in [1.165, 1.54) is 6.20 Å². The Bertz CT molecular complexity index is 1440. The molecule has 4 N–H and O–H groups in total. The molecule has 1 saturated heterocycles. The van der Waals surface area contributed by atoms with Crippen LogP contribution in [0.5, 0.6) is 0 Å². The average molecular weight is 533 g/mol. The van der Waals surface area contributed by atoms with Crippen molar-refractivity contribution in [1.82, 2.24) is 30.2 Å². The number of fused-ring (bicyclic) bond motifs is 1. The van der Waals surface area contributed by atoms with Gasteiger partial charge in [0.25, 0.3) is 5.91 Å². The Morgan fingerprint density at radius 3 is 2.87 bits per heavy atom. The predicted molar refractivity (Wildman–Crippen MR) is 147 cm³/mol. The molecule has 1 fully saturated rings. The summed E-state index contributed by atoms with van der Waals surface area (Å²) in [5.41, 5.74) is 4.06. The van der Waals surface area contributed by atoms with Crippen LogP contribution in [0.25, 0.3) is 11.2 Å². The molecule has 1 aliphatic heterocycles. The second-order valence-electron chi connectivity index (χ2n) is 9.08. The SMILES string of the molecule is CC(NC(=O)c1c[nH]c2ncc(C(=N)c3ccc(Cl)cc3NCCN3CCOCC3)nc12)c1cccnc1. The number of nitrogens with zero attached hydrogens (tertiary/aromatic N) is 4. The Morgan fingerprint density at radius 1 is 1.24 bits per heavy atom. The molecule has 1 aliphatic rings. The number of hydrogen-bond acceptors (Lipinski definition) is 8. The van der Waals surface area contributed by atoms with Crippen LogP contribution in [0.3, 0.4) is 0 Å². The number of morpholine rings is 1. The zero-order valence-corrected chi connectivity index (χ0v) is 21.8. The van der Waals surface area contributed by atoms with Gasteiger partial charge in [-0.05, 0) is 36.8 Å². The molecule has 0 aliphatic carbocycles. The number of ether oxygens (including phenoxy) is 1. The summed E-state index contributed by atoms with van der Waals surface area (Å²) in [6, 6.07) is 8.86. The van der Waals surface area contributed by atoms with Gasteiger partial charge in [0.2, 0.25) is 0 Å². The number of aromatic amines is 1. The highest BCUT2D eigenvalue weighted by atomic mass is 35.5. The van der Waals surface area contributed by atoms with Crippen LogP contribution in [0.4, 0.5) is 5.69 Å². The van der Waals surface area contributed by atoms with Crippen molar-refractivity contribution >= 4 is 40.1 Å². The molecule has 0 bridgehead atoms. The molecule has 196 valence electrons. The topological polar surface area (TPSA) is 132 Å². The Kier molecular flexibility index (Phi) is 7.92. The van der Waals surface area contributed by atoms with E-state index in [2.05, 4.69) is 35.5 Å². The van der Waals surface area contributed by atoms with Crippen LogP contribution in [0, 0.1) is 5.41 Å². The molecule has 3 aromatic heterocycles. The third-order valence-corrected chi connectivity index (χ3v) is 6.75. The van der Waals surface area contributed by atoms with Crippen molar-refractivity contribution in [2.45, 2.75) is 13.0 Å². The lowest BCUT2D eigenvalue weighted by Gasteiger charge is -2.26. The minimum Gasteiger partial charge on any atom is -0.383 e. The molecule has 1 unspecified atom stereocenters. The van der Waals surface area contributed by atoms with Gasteiger partial charge in [-0.3, -0.25) is 20.1 Å². The lowest BCUT2D eigenvalue weighted by Crippen LogP contribution is -2.39. The van der Waals surface area contributed by atoms with E-state index in [0.29, 0.717) is 39.6 Å². The van der Waals surface area contributed by atoms with Crippen LogP contribution in [-0.4, -0.2) is 75.8 Å². The molecule has 1 atom stereocenters. The fourth-order valence-electron chi connectivity index (χ4n) is 4.37. The number of pyridine rings is 1. The van der Waals surface area contributed by atoms with Gasteiger partial charge in [-0.15, -0.1) is 0 Å². The number of anilines is 1. The van der Waals surface area contributed by atoms with E-state index in [9.17, 15) is 4.79 Å². The third-order valence-electron chi connectivity index (χ3n) is 6.51. The van der Waals surface area contributed by atoms with Gasteiger partial charge in [0.05, 0.1) is 36.7 Å². The second-order valence-corrected chi connectivity index (χ2v) is 9.52. The van der Waals surface area contributed by atoms with Crippen LogP contribution in [0.1, 0.15) is 40.1 Å². The number of rotatable bonds is 9. The van der Waals surface area contributed by atoms with Crippen molar-refractivity contribution < 1.29 is 9.53 Å². The lowest BCUT2D eigenvalue weighted by atomic mass is 10.0. The maximum Gasteiger partial charge on any atom is 0.255 e. The van der Waals surface area contributed by atoms with Crippen molar-refractivity contribution in [3.8, 4) is 0 Å². The summed E-state index contributed by atoms with van der Waals surface area (Å²) in [6.07, 6.45) is 6.53. The number of carbonyl (C=O) groups excluding carboxylic acids is 1. The molecule has 38 heavy (non-hydrogen) atoms. The van der Waals surface area contributed by atoms with Gasteiger partial charge in [-0.1, -0.05) is 17.7 Å². The molecular weight excluding hydrogens is 504 g/mol. The Labute approximate surface area is 225 Å². The number of nitrogens with one attached hydrogen (secondary N) is 4. The van der Waals surface area contributed by atoms with E-state index < -0.39 is 0 Å². The highest BCUT2D eigenvalue weighted by Gasteiger charge is 2.20. The number of aromatic nitrogens is 4. The summed E-state index contributed by atoms with van der Waals surface area (Å²) in [5.74, 6) is -0.289. The quantitative estimate of drug-likeness (QED) is 0.242. The summed E-state index contributed by atoms with van der Waals surface area (Å²) in [6.45, 7) is 6.75. The molecule has 4 heterocycles. The Morgan fingerprint density at radius 2 is 2.08 bits per heavy atom. The molecule has 11 heteroatoms. The van der Waals surface area contributed by atoms with Crippen LogP contribution >= 0.6 is 11.6 Å². The predicted octanol–water partition coefficient (Wildman–Crippen LogP) is 3.66. The van der Waals surface area contributed by atoms with E-state index >= 15 is 0 Å². The molecular formula is C27H29ClN8O2. The van der Waals surface area contributed by atoms with Crippen LogP contribution < -0.4 is 10.6 Å². The first kappa shape index (κ1) is 25.8.